The molecule has 0 saturated carbocycles. The summed E-state index contributed by atoms with van der Waals surface area (Å²) in [5, 5.41) is 1.99. The van der Waals surface area contributed by atoms with Gasteiger partial charge in [0, 0.05) is 16.6 Å². The smallest absolute Gasteiger partial charge is 0.264 e. The molecule has 2 aromatic rings. The van der Waals surface area contributed by atoms with E-state index in [1.807, 2.05) is 0 Å². The number of hydrogen-bond donors (Lipinski definition) is 0. The molecule has 1 aliphatic rings. The molecule has 1 fully saturated rings. The minimum absolute atomic E-state index is 0.0386. The standard InChI is InChI=1S/C16H15ClFNO3S2/c17-13-3-1-4-14(18)12(13)9-19(11-6-8-24(21,22)10-11)16(20)15-5-2-7-23-15/h1-5,7,11H,6,8-10H2. The van der Waals surface area contributed by atoms with Gasteiger partial charge >= 0.3 is 0 Å². The van der Waals surface area contributed by atoms with Crippen LogP contribution in [-0.4, -0.2) is 36.8 Å². The lowest BCUT2D eigenvalue weighted by Gasteiger charge is -2.28. The van der Waals surface area contributed by atoms with Gasteiger partial charge in [-0.15, -0.1) is 11.3 Å². The quantitative estimate of drug-likeness (QED) is 0.808. The summed E-state index contributed by atoms with van der Waals surface area (Å²) in [5.41, 5.74) is 0.202. The van der Waals surface area contributed by atoms with E-state index in [1.54, 1.807) is 23.6 Å². The Morgan fingerprint density at radius 1 is 1.33 bits per heavy atom. The Kier molecular flexibility index (Phi) is 4.94. The zero-order valence-electron chi connectivity index (χ0n) is 12.6. The van der Waals surface area contributed by atoms with Gasteiger partial charge in [0.1, 0.15) is 5.82 Å². The maximum Gasteiger partial charge on any atom is 0.264 e. The molecule has 8 heteroatoms. The highest BCUT2D eigenvalue weighted by Crippen LogP contribution is 2.27. The van der Waals surface area contributed by atoms with E-state index in [1.165, 1.54) is 28.4 Å². The minimum Gasteiger partial charge on any atom is -0.329 e. The molecule has 0 aliphatic carbocycles. The van der Waals surface area contributed by atoms with Gasteiger partial charge in [-0.1, -0.05) is 23.7 Å². The van der Waals surface area contributed by atoms with Crippen molar-refractivity contribution in [2.45, 2.75) is 19.0 Å². The second kappa shape index (κ2) is 6.82. The summed E-state index contributed by atoms with van der Waals surface area (Å²) in [4.78, 5) is 14.7. The largest absolute Gasteiger partial charge is 0.329 e. The summed E-state index contributed by atoms with van der Waals surface area (Å²) in [6.07, 6.45) is 0.353. The predicted octanol–water partition coefficient (Wildman–Crippen LogP) is 3.37. The Hall–Kier alpha value is -1.44. The van der Waals surface area contributed by atoms with Gasteiger partial charge in [0.15, 0.2) is 9.84 Å². The normalized spacial score (nSPS) is 19.3. The van der Waals surface area contributed by atoms with Crippen LogP contribution in [0.1, 0.15) is 21.7 Å². The summed E-state index contributed by atoms with van der Waals surface area (Å²) in [5.74, 6) is -0.869. The molecule has 0 N–H and O–H groups in total. The van der Waals surface area contributed by atoms with Crippen molar-refractivity contribution in [3.63, 3.8) is 0 Å². The molecule has 1 aromatic carbocycles. The third-order valence-corrected chi connectivity index (χ3v) is 6.99. The van der Waals surface area contributed by atoms with Crippen LogP contribution in [0.5, 0.6) is 0 Å². The maximum absolute atomic E-state index is 14.1. The summed E-state index contributed by atoms with van der Waals surface area (Å²) >= 11 is 7.34. The Balaban J connectivity index is 1.95. The van der Waals surface area contributed by atoms with E-state index >= 15 is 0 Å². The van der Waals surface area contributed by atoms with Gasteiger partial charge in [-0.05, 0) is 30.0 Å². The van der Waals surface area contributed by atoms with Crippen LogP contribution >= 0.6 is 22.9 Å². The van der Waals surface area contributed by atoms with E-state index in [9.17, 15) is 17.6 Å². The van der Waals surface area contributed by atoms with E-state index in [0.717, 1.165) is 0 Å². The first kappa shape index (κ1) is 17.4. The maximum atomic E-state index is 14.1. The molecule has 0 radical (unpaired) electrons. The van der Waals surface area contributed by atoms with Gasteiger partial charge < -0.3 is 4.90 Å². The Morgan fingerprint density at radius 3 is 2.71 bits per heavy atom. The number of amides is 1. The lowest BCUT2D eigenvalue weighted by Crippen LogP contribution is -2.40. The van der Waals surface area contributed by atoms with Crippen molar-refractivity contribution in [3.05, 3.63) is 57.0 Å². The third kappa shape index (κ3) is 3.63. The number of nitrogens with zero attached hydrogens (tertiary/aromatic N) is 1. The van der Waals surface area contributed by atoms with Crippen molar-refractivity contribution >= 4 is 38.7 Å². The molecule has 2 heterocycles. The van der Waals surface area contributed by atoms with Gasteiger partial charge in [-0.2, -0.15) is 0 Å². The number of halogens is 2. The van der Waals surface area contributed by atoms with Crippen LogP contribution in [-0.2, 0) is 16.4 Å². The van der Waals surface area contributed by atoms with E-state index in [2.05, 4.69) is 0 Å². The first-order chi connectivity index (χ1) is 11.4. The van der Waals surface area contributed by atoms with Gasteiger partial charge in [-0.3, -0.25) is 4.79 Å². The molecule has 1 amide bonds. The highest BCUT2D eigenvalue weighted by atomic mass is 35.5. The Morgan fingerprint density at radius 2 is 2.12 bits per heavy atom. The second-order valence-electron chi connectivity index (χ2n) is 5.67. The van der Waals surface area contributed by atoms with E-state index in [-0.39, 0.29) is 34.5 Å². The van der Waals surface area contributed by atoms with Crippen LogP contribution in [0.25, 0.3) is 0 Å². The zero-order chi connectivity index (χ0) is 17.3. The van der Waals surface area contributed by atoms with Crippen LogP contribution in [0.2, 0.25) is 5.02 Å². The Bertz CT molecular complexity index is 832. The molecule has 24 heavy (non-hydrogen) atoms. The Labute approximate surface area is 148 Å². The van der Waals surface area contributed by atoms with Crippen molar-refractivity contribution in [1.82, 2.24) is 4.90 Å². The van der Waals surface area contributed by atoms with E-state index in [0.29, 0.717) is 11.3 Å². The topological polar surface area (TPSA) is 54.5 Å². The molecule has 1 saturated heterocycles. The van der Waals surface area contributed by atoms with Crippen LogP contribution < -0.4 is 0 Å². The van der Waals surface area contributed by atoms with E-state index in [4.69, 9.17) is 11.6 Å². The lowest BCUT2D eigenvalue weighted by molar-refractivity contribution is 0.0684. The average molecular weight is 388 g/mol. The number of benzene rings is 1. The summed E-state index contributed by atoms with van der Waals surface area (Å²) < 4.78 is 37.7. The number of hydrogen-bond acceptors (Lipinski definition) is 4. The van der Waals surface area contributed by atoms with Crippen LogP contribution in [0, 0.1) is 5.82 Å². The number of thiophene rings is 1. The monoisotopic (exact) mass is 387 g/mol. The van der Waals surface area contributed by atoms with Crippen molar-refractivity contribution in [1.29, 1.82) is 0 Å². The van der Waals surface area contributed by atoms with Gasteiger partial charge in [0.2, 0.25) is 0 Å². The molecule has 0 bridgehead atoms. The van der Waals surface area contributed by atoms with Crippen molar-refractivity contribution in [2.75, 3.05) is 11.5 Å². The molecule has 1 atom stereocenters. The predicted molar refractivity (Wildman–Crippen MR) is 92.7 cm³/mol. The fourth-order valence-electron chi connectivity index (χ4n) is 2.78. The van der Waals surface area contributed by atoms with Gasteiger partial charge in [0.25, 0.3) is 5.91 Å². The summed E-state index contributed by atoms with van der Waals surface area (Å²) in [7, 11) is -3.17. The van der Waals surface area contributed by atoms with Crippen LogP contribution in [0.4, 0.5) is 4.39 Å². The van der Waals surface area contributed by atoms with Crippen molar-refractivity contribution < 1.29 is 17.6 Å². The fraction of sp³-hybridized carbons (Fsp3) is 0.312. The van der Waals surface area contributed by atoms with E-state index < -0.39 is 21.7 Å². The zero-order valence-corrected chi connectivity index (χ0v) is 15.0. The number of carbonyl (C=O) groups excluding carboxylic acids is 1. The first-order valence-corrected chi connectivity index (χ1v) is 10.4. The highest BCUT2D eigenvalue weighted by molar-refractivity contribution is 7.91. The SMILES string of the molecule is O=C(c1cccs1)N(Cc1c(F)cccc1Cl)C1CCS(=O)(=O)C1. The third-order valence-electron chi connectivity index (χ3n) is 4.03. The second-order valence-corrected chi connectivity index (χ2v) is 9.25. The summed E-state index contributed by atoms with van der Waals surface area (Å²) in [6, 6.07) is 7.27. The molecule has 1 unspecified atom stereocenters. The number of rotatable bonds is 4. The summed E-state index contributed by atoms with van der Waals surface area (Å²) in [6.45, 7) is -0.0531. The average Bonchev–Trinajstić information content (AvgIpc) is 3.16. The minimum atomic E-state index is -3.17. The molecule has 128 valence electrons. The number of sulfone groups is 1. The van der Waals surface area contributed by atoms with Gasteiger partial charge in [0.05, 0.1) is 22.9 Å². The van der Waals surface area contributed by atoms with Gasteiger partial charge in [-0.25, -0.2) is 12.8 Å². The molecule has 0 spiro atoms. The number of carbonyl (C=O) groups is 1. The molecular formula is C16H15ClFNO3S2. The molecule has 4 nitrogen and oxygen atoms in total. The van der Waals surface area contributed by atoms with Crippen molar-refractivity contribution in [3.8, 4) is 0 Å². The first-order valence-electron chi connectivity index (χ1n) is 7.35. The molecule has 3 rings (SSSR count). The fourth-order valence-corrected chi connectivity index (χ4v) is 5.42. The molecular weight excluding hydrogens is 373 g/mol. The highest BCUT2D eigenvalue weighted by Gasteiger charge is 2.36. The molecule has 1 aliphatic heterocycles. The van der Waals surface area contributed by atoms with Crippen LogP contribution in [0.3, 0.4) is 0 Å². The van der Waals surface area contributed by atoms with Crippen molar-refractivity contribution in [2.24, 2.45) is 0 Å². The molecule has 1 aromatic heterocycles. The van der Waals surface area contributed by atoms with Crippen LogP contribution in [0.15, 0.2) is 35.7 Å². The lowest BCUT2D eigenvalue weighted by atomic mass is 10.1.